The summed E-state index contributed by atoms with van der Waals surface area (Å²) in [6, 6.07) is 3.05. The fourth-order valence-corrected chi connectivity index (χ4v) is 1.38. The van der Waals surface area contributed by atoms with Gasteiger partial charge in [0, 0.05) is 12.1 Å². The van der Waals surface area contributed by atoms with Crippen molar-refractivity contribution in [2.75, 3.05) is 5.73 Å². The maximum absolute atomic E-state index is 13.4. The number of halogens is 2. The Hall–Kier alpha value is -2.48. The van der Waals surface area contributed by atoms with Crippen molar-refractivity contribution in [2.24, 2.45) is 0 Å². The van der Waals surface area contributed by atoms with Crippen molar-refractivity contribution < 1.29 is 14.1 Å². The fourth-order valence-electron chi connectivity index (χ4n) is 1.25. The molecule has 2 aromatic rings. The smallest absolute Gasteiger partial charge is 0.305 e. The van der Waals surface area contributed by atoms with Gasteiger partial charge in [0.25, 0.3) is 0 Å². The van der Waals surface area contributed by atoms with Gasteiger partial charge in [0.15, 0.2) is 0 Å². The van der Waals surface area contributed by atoms with Gasteiger partial charge >= 0.3 is 5.69 Å². The molecule has 1 aromatic heterocycles. The van der Waals surface area contributed by atoms with Crippen LogP contribution < -0.4 is 10.5 Å². The van der Waals surface area contributed by atoms with Gasteiger partial charge in [0.05, 0.1) is 4.92 Å². The summed E-state index contributed by atoms with van der Waals surface area (Å²) in [5, 5.41) is 10.4. The molecule has 1 aromatic carbocycles. The first-order valence-electron chi connectivity index (χ1n) is 4.87. The van der Waals surface area contributed by atoms with Crippen molar-refractivity contribution in [1.82, 2.24) is 9.97 Å². The Morgan fingerprint density at radius 1 is 1.42 bits per heavy atom. The Morgan fingerprint density at radius 3 is 2.79 bits per heavy atom. The number of aromatic nitrogens is 2. The molecule has 7 nitrogen and oxygen atoms in total. The van der Waals surface area contributed by atoms with Gasteiger partial charge in [0.2, 0.25) is 11.7 Å². The van der Waals surface area contributed by atoms with Gasteiger partial charge in [-0.3, -0.25) is 10.1 Å². The van der Waals surface area contributed by atoms with Crippen molar-refractivity contribution >= 4 is 23.1 Å². The molecule has 0 saturated heterocycles. The SMILES string of the molecule is Nc1ncnc(Oc2ccc([N+](=O)[O-])c(F)c2)c1Cl. The topological polar surface area (TPSA) is 104 Å². The largest absolute Gasteiger partial charge is 0.437 e. The zero-order chi connectivity index (χ0) is 14.0. The van der Waals surface area contributed by atoms with E-state index in [1.54, 1.807) is 0 Å². The number of hydrogen-bond acceptors (Lipinski definition) is 6. The van der Waals surface area contributed by atoms with E-state index in [0.29, 0.717) is 0 Å². The molecule has 0 fully saturated rings. The summed E-state index contributed by atoms with van der Waals surface area (Å²) in [5.41, 5.74) is 4.79. The van der Waals surface area contributed by atoms with Crippen LogP contribution in [0.3, 0.4) is 0 Å². The number of anilines is 1. The Morgan fingerprint density at radius 2 is 2.16 bits per heavy atom. The van der Waals surface area contributed by atoms with Gasteiger partial charge in [-0.1, -0.05) is 11.6 Å². The molecule has 0 spiro atoms. The number of hydrogen-bond donors (Lipinski definition) is 1. The number of ether oxygens (including phenoxy) is 1. The lowest BCUT2D eigenvalue weighted by Crippen LogP contribution is -1.97. The Balaban J connectivity index is 2.32. The van der Waals surface area contributed by atoms with Crippen molar-refractivity contribution in [3.05, 3.63) is 45.5 Å². The van der Waals surface area contributed by atoms with Gasteiger partial charge in [0.1, 0.15) is 22.9 Å². The van der Waals surface area contributed by atoms with Crippen LogP contribution in [-0.2, 0) is 0 Å². The molecule has 0 aliphatic carbocycles. The van der Waals surface area contributed by atoms with E-state index in [0.717, 1.165) is 18.5 Å². The maximum atomic E-state index is 13.4. The minimum absolute atomic E-state index is 0.00287. The van der Waals surface area contributed by atoms with Crippen molar-refractivity contribution in [3.8, 4) is 11.6 Å². The molecule has 0 bridgehead atoms. The first-order valence-corrected chi connectivity index (χ1v) is 5.24. The third-order valence-corrected chi connectivity index (χ3v) is 2.47. The number of nitrogen functional groups attached to an aromatic ring is 1. The van der Waals surface area contributed by atoms with E-state index in [9.17, 15) is 14.5 Å². The van der Waals surface area contributed by atoms with E-state index >= 15 is 0 Å². The predicted octanol–water partition coefficient (Wildman–Crippen LogP) is 2.55. The molecule has 0 aliphatic heterocycles. The fraction of sp³-hybridized carbons (Fsp3) is 0. The molecule has 0 amide bonds. The Bertz CT molecular complexity index is 653. The molecule has 98 valence electrons. The van der Waals surface area contributed by atoms with E-state index in [2.05, 4.69) is 9.97 Å². The summed E-state index contributed by atoms with van der Waals surface area (Å²) in [6.45, 7) is 0. The predicted molar refractivity (Wildman–Crippen MR) is 64.6 cm³/mol. The molecule has 0 aliphatic rings. The van der Waals surface area contributed by atoms with Gasteiger partial charge < -0.3 is 10.5 Å². The summed E-state index contributed by atoms with van der Waals surface area (Å²) in [7, 11) is 0. The molecular weight excluding hydrogens is 279 g/mol. The normalized spacial score (nSPS) is 10.2. The number of nitro benzene ring substituents is 1. The van der Waals surface area contributed by atoms with Gasteiger partial charge in [-0.05, 0) is 6.07 Å². The molecule has 0 radical (unpaired) electrons. The molecule has 1 heterocycles. The summed E-state index contributed by atoms with van der Waals surface area (Å²) >= 11 is 5.79. The zero-order valence-electron chi connectivity index (χ0n) is 9.21. The van der Waals surface area contributed by atoms with Gasteiger partial charge in [-0.2, -0.15) is 9.37 Å². The molecule has 2 N–H and O–H groups in total. The van der Waals surface area contributed by atoms with Crippen LogP contribution in [-0.4, -0.2) is 14.9 Å². The highest BCUT2D eigenvalue weighted by Gasteiger charge is 2.16. The average molecular weight is 285 g/mol. The third-order valence-electron chi connectivity index (χ3n) is 2.11. The minimum Gasteiger partial charge on any atom is -0.437 e. The van der Waals surface area contributed by atoms with Crippen LogP contribution >= 0.6 is 11.6 Å². The maximum Gasteiger partial charge on any atom is 0.305 e. The van der Waals surface area contributed by atoms with Crippen molar-refractivity contribution in [1.29, 1.82) is 0 Å². The van der Waals surface area contributed by atoms with Crippen LogP contribution in [0.2, 0.25) is 5.02 Å². The minimum atomic E-state index is -1.03. The van der Waals surface area contributed by atoms with Gasteiger partial charge in [-0.15, -0.1) is 0 Å². The molecule has 0 unspecified atom stereocenters. The standard InChI is InChI=1S/C10H6ClFN4O3/c11-8-9(13)14-4-15-10(8)19-5-1-2-7(16(17)18)6(12)3-5/h1-4H,(H2,13,14,15). The zero-order valence-corrected chi connectivity index (χ0v) is 9.96. The second-order valence-corrected chi connectivity index (χ2v) is 3.73. The molecule has 9 heteroatoms. The first-order chi connectivity index (χ1) is 8.99. The van der Waals surface area contributed by atoms with Gasteiger partial charge in [-0.25, -0.2) is 4.98 Å². The lowest BCUT2D eigenvalue weighted by molar-refractivity contribution is -0.387. The quantitative estimate of drug-likeness (QED) is 0.686. The molecular formula is C10H6ClFN4O3. The molecule has 19 heavy (non-hydrogen) atoms. The lowest BCUT2D eigenvalue weighted by atomic mass is 10.3. The number of nitrogens with zero attached hydrogens (tertiary/aromatic N) is 3. The van der Waals surface area contributed by atoms with Crippen LogP contribution in [0, 0.1) is 15.9 Å². The van der Waals surface area contributed by atoms with Crippen LogP contribution in [0.1, 0.15) is 0 Å². The summed E-state index contributed by atoms with van der Waals surface area (Å²) in [6.07, 6.45) is 1.12. The van der Waals surface area contributed by atoms with Crippen LogP contribution in [0.5, 0.6) is 11.6 Å². The molecule has 0 saturated carbocycles. The third kappa shape index (κ3) is 2.68. The van der Waals surface area contributed by atoms with E-state index < -0.39 is 16.4 Å². The van der Waals surface area contributed by atoms with Crippen molar-refractivity contribution in [2.45, 2.75) is 0 Å². The number of nitrogens with two attached hydrogens (primary N) is 1. The van der Waals surface area contributed by atoms with Crippen LogP contribution in [0.25, 0.3) is 0 Å². The monoisotopic (exact) mass is 284 g/mol. The second kappa shape index (κ2) is 5.02. The van der Waals surface area contributed by atoms with E-state index in [4.69, 9.17) is 22.1 Å². The van der Waals surface area contributed by atoms with E-state index in [-0.39, 0.29) is 22.5 Å². The van der Waals surface area contributed by atoms with E-state index in [1.807, 2.05) is 0 Å². The number of nitro groups is 1. The highest BCUT2D eigenvalue weighted by Crippen LogP contribution is 2.31. The van der Waals surface area contributed by atoms with E-state index in [1.165, 1.54) is 6.07 Å². The first kappa shape index (κ1) is 13.0. The number of benzene rings is 1. The second-order valence-electron chi connectivity index (χ2n) is 3.35. The lowest BCUT2D eigenvalue weighted by Gasteiger charge is -2.06. The van der Waals surface area contributed by atoms with Crippen molar-refractivity contribution in [3.63, 3.8) is 0 Å². The summed E-state index contributed by atoms with van der Waals surface area (Å²) in [4.78, 5) is 17.0. The van der Waals surface area contributed by atoms with Crippen LogP contribution in [0.15, 0.2) is 24.5 Å². The Labute approximate surface area is 111 Å². The summed E-state index contributed by atoms with van der Waals surface area (Å²) in [5.74, 6) is -1.08. The molecule has 0 atom stereocenters. The average Bonchev–Trinajstić information content (AvgIpc) is 2.34. The highest BCUT2D eigenvalue weighted by molar-refractivity contribution is 6.34. The highest BCUT2D eigenvalue weighted by atomic mass is 35.5. The van der Waals surface area contributed by atoms with Crippen LogP contribution in [0.4, 0.5) is 15.9 Å². The summed E-state index contributed by atoms with van der Waals surface area (Å²) < 4.78 is 18.6. The number of rotatable bonds is 3. The Kier molecular flexibility index (Phi) is 3.43. The molecule has 2 rings (SSSR count).